The largest absolute Gasteiger partial charge is 0.478 e. The van der Waals surface area contributed by atoms with Gasteiger partial charge in [-0.15, -0.1) is 0 Å². The number of carbonyl (C=O) groups is 1. The van der Waals surface area contributed by atoms with Gasteiger partial charge in [0.1, 0.15) is 0 Å². The molecule has 2 N–H and O–H groups in total. The second-order valence-electron chi connectivity index (χ2n) is 7.08. The molecule has 0 fully saturated rings. The molecule has 3 nitrogen and oxygen atoms in total. The number of hydrogen-bond donors (Lipinski definition) is 2. The summed E-state index contributed by atoms with van der Waals surface area (Å²) in [6.07, 6.45) is 4.14. The molecule has 1 aliphatic carbocycles. The second-order valence-corrected chi connectivity index (χ2v) is 7.08. The summed E-state index contributed by atoms with van der Waals surface area (Å²) in [7, 11) is 0. The van der Waals surface area contributed by atoms with E-state index in [0.717, 1.165) is 0 Å². The number of aliphatic hydroxyl groups is 1. The normalized spacial score (nSPS) is 23.7. The Balaban J connectivity index is 3.53. The van der Waals surface area contributed by atoms with Crippen molar-refractivity contribution in [2.45, 2.75) is 47.6 Å². The van der Waals surface area contributed by atoms with Crippen LogP contribution in [0, 0.1) is 16.2 Å². The Bertz CT molecular complexity index is 388. The highest BCUT2D eigenvalue weighted by molar-refractivity contribution is 5.90. The fourth-order valence-corrected chi connectivity index (χ4v) is 3.30. The fourth-order valence-electron chi connectivity index (χ4n) is 3.30. The van der Waals surface area contributed by atoms with Gasteiger partial charge in [-0.05, 0) is 16.9 Å². The van der Waals surface area contributed by atoms with Crippen molar-refractivity contribution in [2.75, 3.05) is 0 Å². The smallest absolute Gasteiger partial charge is 0.335 e. The molecule has 0 bridgehead atoms. The van der Waals surface area contributed by atoms with Crippen LogP contribution in [0.3, 0.4) is 0 Å². The summed E-state index contributed by atoms with van der Waals surface area (Å²) in [5, 5.41) is 19.7. The molecule has 18 heavy (non-hydrogen) atoms. The first-order chi connectivity index (χ1) is 7.93. The molecule has 1 rings (SSSR count). The van der Waals surface area contributed by atoms with E-state index in [4.69, 9.17) is 0 Å². The molecule has 0 aromatic carbocycles. The predicted octanol–water partition coefficient (Wildman–Crippen LogP) is 3.01. The van der Waals surface area contributed by atoms with Gasteiger partial charge in [-0.25, -0.2) is 4.79 Å². The van der Waals surface area contributed by atoms with Crippen molar-refractivity contribution in [3.05, 3.63) is 23.8 Å². The van der Waals surface area contributed by atoms with E-state index in [2.05, 4.69) is 0 Å². The van der Waals surface area contributed by atoms with Crippen molar-refractivity contribution in [3.63, 3.8) is 0 Å². The molecule has 0 aliphatic heterocycles. The Morgan fingerprint density at radius 2 is 1.61 bits per heavy atom. The fraction of sp³-hybridized carbons (Fsp3) is 0.667. The zero-order chi connectivity index (χ0) is 14.4. The minimum absolute atomic E-state index is 0.254. The van der Waals surface area contributed by atoms with Crippen LogP contribution in [0.15, 0.2) is 23.8 Å². The topological polar surface area (TPSA) is 57.5 Å². The molecule has 0 aromatic heterocycles. The van der Waals surface area contributed by atoms with E-state index in [1.54, 1.807) is 12.2 Å². The van der Waals surface area contributed by atoms with Gasteiger partial charge < -0.3 is 10.2 Å². The van der Waals surface area contributed by atoms with Crippen LogP contribution in [0.4, 0.5) is 0 Å². The van der Waals surface area contributed by atoms with Gasteiger partial charge in [0.25, 0.3) is 0 Å². The maximum Gasteiger partial charge on any atom is 0.335 e. The predicted molar refractivity (Wildman–Crippen MR) is 72.2 cm³/mol. The number of carboxylic acid groups (broad SMARTS) is 1. The van der Waals surface area contributed by atoms with E-state index >= 15 is 0 Å². The highest BCUT2D eigenvalue weighted by Gasteiger charge is 2.54. The van der Waals surface area contributed by atoms with Gasteiger partial charge in [0, 0.05) is 5.41 Å². The highest BCUT2D eigenvalue weighted by atomic mass is 16.4. The van der Waals surface area contributed by atoms with E-state index in [0.29, 0.717) is 0 Å². The lowest BCUT2D eigenvalue weighted by molar-refractivity contribution is -0.132. The summed E-state index contributed by atoms with van der Waals surface area (Å²) in [4.78, 5) is 11.2. The average molecular weight is 252 g/mol. The first kappa shape index (κ1) is 15.0. The van der Waals surface area contributed by atoms with Gasteiger partial charge in [-0.3, -0.25) is 0 Å². The van der Waals surface area contributed by atoms with E-state index in [9.17, 15) is 15.0 Å². The SMILES string of the molecule is CC(C)(C)C1(C(C)(C)C)C=C(C(=O)O)C=CC1O. The number of aliphatic hydroxyl groups excluding tert-OH is 1. The monoisotopic (exact) mass is 252 g/mol. The molecule has 3 heteroatoms. The first-order valence-electron chi connectivity index (χ1n) is 6.26. The van der Waals surface area contributed by atoms with Crippen LogP contribution in [0.5, 0.6) is 0 Å². The maximum atomic E-state index is 11.2. The van der Waals surface area contributed by atoms with Crippen molar-refractivity contribution in [1.82, 2.24) is 0 Å². The average Bonchev–Trinajstić information content (AvgIpc) is 2.13. The van der Waals surface area contributed by atoms with Crippen molar-refractivity contribution >= 4 is 5.97 Å². The molecular formula is C15H24O3. The molecular weight excluding hydrogens is 228 g/mol. The zero-order valence-corrected chi connectivity index (χ0v) is 12.1. The van der Waals surface area contributed by atoms with Gasteiger partial charge in [0.15, 0.2) is 0 Å². The molecule has 1 unspecified atom stereocenters. The summed E-state index contributed by atoms with van der Waals surface area (Å²) in [5.41, 5.74) is -0.862. The maximum absolute atomic E-state index is 11.2. The van der Waals surface area contributed by atoms with E-state index in [1.165, 1.54) is 6.08 Å². The van der Waals surface area contributed by atoms with Crippen LogP contribution in [-0.2, 0) is 4.79 Å². The lowest BCUT2D eigenvalue weighted by Gasteiger charge is -2.55. The standard InChI is InChI=1S/C15H24O3/c1-13(2,3)15(14(4,5)6)9-10(12(17)18)7-8-11(15)16/h7-9,11,16H,1-6H3,(H,17,18). The van der Waals surface area contributed by atoms with E-state index in [-0.39, 0.29) is 16.4 Å². The highest BCUT2D eigenvalue weighted by Crippen LogP contribution is 2.56. The molecule has 1 aliphatic rings. The van der Waals surface area contributed by atoms with Gasteiger partial charge in [-0.1, -0.05) is 53.7 Å². The van der Waals surface area contributed by atoms with Crippen molar-refractivity contribution in [3.8, 4) is 0 Å². The summed E-state index contributed by atoms with van der Waals surface area (Å²) in [5.74, 6) is -0.948. The summed E-state index contributed by atoms with van der Waals surface area (Å²) in [6, 6.07) is 0. The Morgan fingerprint density at radius 1 is 1.17 bits per heavy atom. The van der Waals surface area contributed by atoms with E-state index < -0.39 is 17.5 Å². The summed E-state index contributed by atoms with van der Waals surface area (Å²) < 4.78 is 0. The lowest BCUT2D eigenvalue weighted by Crippen LogP contribution is -2.53. The van der Waals surface area contributed by atoms with Crippen molar-refractivity contribution in [2.24, 2.45) is 16.2 Å². The van der Waals surface area contributed by atoms with E-state index in [1.807, 2.05) is 41.5 Å². The Hall–Kier alpha value is -1.09. The third kappa shape index (κ3) is 2.12. The Kier molecular flexibility index (Phi) is 3.52. The molecule has 0 amide bonds. The minimum atomic E-state index is -0.948. The Labute approximate surface area is 109 Å². The molecule has 0 radical (unpaired) electrons. The van der Waals surface area contributed by atoms with Crippen LogP contribution in [-0.4, -0.2) is 22.3 Å². The van der Waals surface area contributed by atoms with Crippen LogP contribution < -0.4 is 0 Å². The van der Waals surface area contributed by atoms with Gasteiger partial charge >= 0.3 is 5.97 Å². The molecule has 0 aromatic rings. The third-order valence-corrected chi connectivity index (χ3v) is 4.04. The molecule has 0 heterocycles. The molecule has 0 spiro atoms. The van der Waals surface area contributed by atoms with Crippen LogP contribution in [0.25, 0.3) is 0 Å². The van der Waals surface area contributed by atoms with Crippen LogP contribution >= 0.6 is 0 Å². The van der Waals surface area contributed by atoms with Crippen LogP contribution in [0.1, 0.15) is 41.5 Å². The second kappa shape index (κ2) is 4.23. The molecule has 0 saturated heterocycles. The lowest BCUT2D eigenvalue weighted by atomic mass is 9.50. The molecule has 102 valence electrons. The number of aliphatic carboxylic acids is 1. The van der Waals surface area contributed by atoms with Crippen molar-refractivity contribution < 1.29 is 15.0 Å². The quantitative estimate of drug-likeness (QED) is 0.754. The van der Waals surface area contributed by atoms with Crippen molar-refractivity contribution in [1.29, 1.82) is 0 Å². The Morgan fingerprint density at radius 3 is 1.94 bits per heavy atom. The number of hydrogen-bond acceptors (Lipinski definition) is 2. The first-order valence-corrected chi connectivity index (χ1v) is 6.26. The van der Waals surface area contributed by atoms with Gasteiger partial charge in [0.2, 0.25) is 0 Å². The van der Waals surface area contributed by atoms with Crippen LogP contribution in [0.2, 0.25) is 0 Å². The molecule has 1 atom stereocenters. The zero-order valence-electron chi connectivity index (χ0n) is 12.1. The summed E-state index contributed by atoms with van der Waals surface area (Å²) in [6.45, 7) is 12.2. The summed E-state index contributed by atoms with van der Waals surface area (Å²) >= 11 is 0. The minimum Gasteiger partial charge on any atom is -0.478 e. The number of rotatable bonds is 1. The number of carboxylic acids is 1. The molecule has 0 saturated carbocycles. The van der Waals surface area contributed by atoms with Gasteiger partial charge in [-0.2, -0.15) is 0 Å². The third-order valence-electron chi connectivity index (χ3n) is 4.04. The van der Waals surface area contributed by atoms with Gasteiger partial charge in [0.05, 0.1) is 11.7 Å².